The third kappa shape index (κ3) is 3.05. The molecular formula is C15H16BrN5. The summed E-state index contributed by atoms with van der Waals surface area (Å²) in [4.78, 5) is 2.14. The van der Waals surface area contributed by atoms with Gasteiger partial charge in [-0.25, -0.2) is 0 Å². The molecule has 0 saturated carbocycles. The molecule has 0 spiro atoms. The molecule has 6 heteroatoms. The minimum absolute atomic E-state index is 0.776. The molecule has 21 heavy (non-hydrogen) atoms. The number of aromatic nitrogens is 4. The van der Waals surface area contributed by atoms with Crippen molar-refractivity contribution in [2.24, 2.45) is 0 Å². The Balaban J connectivity index is 1.72. The van der Waals surface area contributed by atoms with Gasteiger partial charge in [0.25, 0.3) is 0 Å². The Morgan fingerprint density at radius 3 is 2.62 bits per heavy atom. The lowest BCUT2D eigenvalue weighted by Crippen LogP contribution is -2.22. The van der Waals surface area contributed by atoms with Crippen molar-refractivity contribution in [1.29, 1.82) is 0 Å². The van der Waals surface area contributed by atoms with E-state index in [1.54, 1.807) is 4.52 Å². The number of nitrogens with zero attached hydrogens (tertiary/aromatic N) is 5. The van der Waals surface area contributed by atoms with E-state index in [0.717, 1.165) is 34.7 Å². The number of benzene rings is 1. The van der Waals surface area contributed by atoms with Crippen LogP contribution in [0.3, 0.4) is 0 Å². The summed E-state index contributed by atoms with van der Waals surface area (Å²) in [5.41, 5.74) is 2.09. The lowest BCUT2D eigenvalue weighted by Gasteiger charge is -2.18. The highest BCUT2D eigenvalue weighted by Crippen LogP contribution is 2.14. The third-order valence-corrected chi connectivity index (χ3v) is 3.97. The van der Waals surface area contributed by atoms with Crippen LogP contribution >= 0.6 is 15.9 Å². The highest BCUT2D eigenvalue weighted by molar-refractivity contribution is 9.10. The van der Waals surface area contributed by atoms with Gasteiger partial charge in [-0.05, 0) is 43.2 Å². The van der Waals surface area contributed by atoms with Crippen LogP contribution in [0.4, 0.5) is 5.82 Å². The van der Waals surface area contributed by atoms with Gasteiger partial charge < -0.3 is 4.90 Å². The quantitative estimate of drug-likeness (QED) is 0.729. The lowest BCUT2D eigenvalue weighted by molar-refractivity contribution is 0.807. The Labute approximate surface area is 131 Å². The third-order valence-electron chi connectivity index (χ3n) is 3.44. The van der Waals surface area contributed by atoms with Crippen molar-refractivity contribution >= 4 is 27.4 Å². The molecule has 3 rings (SSSR count). The van der Waals surface area contributed by atoms with Crippen molar-refractivity contribution in [2.75, 3.05) is 18.5 Å². The minimum atomic E-state index is 0.776. The fourth-order valence-corrected chi connectivity index (χ4v) is 2.42. The van der Waals surface area contributed by atoms with Crippen LogP contribution in [0.1, 0.15) is 11.4 Å². The Bertz CT molecular complexity index is 750. The molecule has 5 nitrogen and oxygen atoms in total. The molecule has 0 aliphatic rings. The number of rotatable bonds is 4. The summed E-state index contributed by atoms with van der Waals surface area (Å²) in [6.07, 6.45) is 0.977. The maximum Gasteiger partial charge on any atom is 0.178 e. The van der Waals surface area contributed by atoms with Gasteiger partial charge in [-0.15, -0.1) is 15.3 Å². The molecule has 0 aliphatic heterocycles. The predicted molar refractivity (Wildman–Crippen MR) is 86.6 cm³/mol. The molecule has 0 unspecified atom stereocenters. The smallest absolute Gasteiger partial charge is 0.178 e. The zero-order valence-corrected chi connectivity index (χ0v) is 13.6. The first-order chi connectivity index (χ1) is 10.1. The van der Waals surface area contributed by atoms with Crippen LogP contribution in [0.25, 0.3) is 5.65 Å². The molecule has 0 aliphatic carbocycles. The summed E-state index contributed by atoms with van der Waals surface area (Å²) in [5, 5.41) is 12.6. The maximum absolute atomic E-state index is 4.57. The predicted octanol–water partition coefficient (Wildman–Crippen LogP) is 2.87. The molecule has 1 aromatic carbocycles. The van der Waals surface area contributed by atoms with Crippen LogP contribution in [-0.2, 0) is 6.42 Å². The average molecular weight is 346 g/mol. The molecule has 3 aromatic rings. The zero-order valence-electron chi connectivity index (χ0n) is 12.0. The van der Waals surface area contributed by atoms with E-state index in [0.29, 0.717) is 0 Å². The fourth-order valence-electron chi connectivity index (χ4n) is 2.15. The number of hydrogen-bond acceptors (Lipinski definition) is 4. The summed E-state index contributed by atoms with van der Waals surface area (Å²) in [5.74, 6) is 1.72. The average Bonchev–Trinajstić information content (AvgIpc) is 2.87. The Morgan fingerprint density at radius 1 is 1.10 bits per heavy atom. The highest BCUT2D eigenvalue weighted by atomic mass is 79.9. The van der Waals surface area contributed by atoms with E-state index in [4.69, 9.17) is 0 Å². The highest BCUT2D eigenvalue weighted by Gasteiger charge is 2.07. The van der Waals surface area contributed by atoms with Gasteiger partial charge in [-0.3, -0.25) is 0 Å². The monoisotopic (exact) mass is 345 g/mol. The second kappa shape index (κ2) is 5.81. The molecule has 0 radical (unpaired) electrons. The van der Waals surface area contributed by atoms with E-state index in [1.807, 2.05) is 26.1 Å². The number of anilines is 1. The second-order valence-corrected chi connectivity index (χ2v) is 5.92. The second-order valence-electron chi connectivity index (χ2n) is 5.01. The first-order valence-corrected chi connectivity index (χ1v) is 7.57. The van der Waals surface area contributed by atoms with Gasteiger partial charge in [0, 0.05) is 18.1 Å². The molecule has 0 bridgehead atoms. The number of hydrogen-bond donors (Lipinski definition) is 0. The number of likely N-dealkylation sites (N-methyl/N-ethyl adjacent to an activating group) is 1. The van der Waals surface area contributed by atoms with Gasteiger partial charge in [0.1, 0.15) is 5.82 Å². The van der Waals surface area contributed by atoms with Crippen molar-refractivity contribution in [3.05, 3.63) is 52.3 Å². The van der Waals surface area contributed by atoms with E-state index in [2.05, 4.69) is 60.4 Å². The zero-order chi connectivity index (χ0) is 14.8. The minimum Gasteiger partial charge on any atom is -0.358 e. The van der Waals surface area contributed by atoms with Crippen LogP contribution in [0.5, 0.6) is 0 Å². The fraction of sp³-hybridized carbons (Fsp3) is 0.267. The van der Waals surface area contributed by atoms with Crippen molar-refractivity contribution in [1.82, 2.24) is 19.8 Å². The molecule has 2 aromatic heterocycles. The summed E-state index contributed by atoms with van der Waals surface area (Å²) in [7, 11) is 2.05. The number of aryl methyl sites for hydroxylation is 1. The Morgan fingerprint density at radius 2 is 1.86 bits per heavy atom. The summed E-state index contributed by atoms with van der Waals surface area (Å²) in [6, 6.07) is 12.3. The Kier molecular flexibility index (Phi) is 3.88. The largest absolute Gasteiger partial charge is 0.358 e. The van der Waals surface area contributed by atoms with Crippen molar-refractivity contribution in [2.45, 2.75) is 13.3 Å². The number of halogens is 1. The van der Waals surface area contributed by atoms with Gasteiger partial charge in [0.15, 0.2) is 11.5 Å². The summed E-state index contributed by atoms with van der Waals surface area (Å²) < 4.78 is 2.88. The SMILES string of the molecule is Cc1nnc2ccc(N(C)CCc3ccc(Br)cc3)nn12. The normalized spacial score (nSPS) is 11.0. The Hall–Kier alpha value is -1.95. The summed E-state index contributed by atoms with van der Waals surface area (Å²) >= 11 is 3.45. The number of fused-ring (bicyclic) bond motifs is 1. The van der Waals surface area contributed by atoms with Crippen molar-refractivity contribution < 1.29 is 0 Å². The van der Waals surface area contributed by atoms with E-state index in [-0.39, 0.29) is 0 Å². The van der Waals surface area contributed by atoms with E-state index in [1.165, 1.54) is 5.56 Å². The van der Waals surface area contributed by atoms with Crippen LogP contribution in [0.2, 0.25) is 0 Å². The van der Waals surface area contributed by atoms with Gasteiger partial charge in [-0.2, -0.15) is 4.52 Å². The van der Waals surface area contributed by atoms with Gasteiger partial charge >= 0.3 is 0 Å². The molecule has 0 amide bonds. The van der Waals surface area contributed by atoms with E-state index < -0.39 is 0 Å². The van der Waals surface area contributed by atoms with Crippen molar-refractivity contribution in [3.8, 4) is 0 Å². The van der Waals surface area contributed by atoms with E-state index in [9.17, 15) is 0 Å². The first-order valence-electron chi connectivity index (χ1n) is 6.78. The lowest BCUT2D eigenvalue weighted by atomic mass is 10.1. The molecule has 0 fully saturated rings. The van der Waals surface area contributed by atoms with Crippen LogP contribution in [0, 0.1) is 6.92 Å². The standard InChI is InChI=1S/C15H16BrN5/c1-11-17-18-14-7-8-15(19-21(11)14)20(2)10-9-12-3-5-13(16)6-4-12/h3-8H,9-10H2,1-2H3. The molecule has 0 N–H and O–H groups in total. The van der Waals surface area contributed by atoms with Gasteiger partial charge in [-0.1, -0.05) is 28.1 Å². The van der Waals surface area contributed by atoms with Gasteiger partial charge in [0.05, 0.1) is 0 Å². The molecule has 2 heterocycles. The van der Waals surface area contributed by atoms with Crippen LogP contribution < -0.4 is 4.90 Å². The van der Waals surface area contributed by atoms with E-state index >= 15 is 0 Å². The van der Waals surface area contributed by atoms with Crippen molar-refractivity contribution in [3.63, 3.8) is 0 Å². The molecule has 0 atom stereocenters. The topological polar surface area (TPSA) is 46.3 Å². The van der Waals surface area contributed by atoms with Gasteiger partial charge in [0.2, 0.25) is 0 Å². The van der Waals surface area contributed by atoms with Crippen LogP contribution in [0.15, 0.2) is 40.9 Å². The molecule has 108 valence electrons. The first kappa shape index (κ1) is 14.0. The summed E-state index contributed by atoms with van der Waals surface area (Å²) in [6.45, 7) is 2.81. The van der Waals surface area contributed by atoms with Crippen LogP contribution in [-0.4, -0.2) is 33.4 Å². The maximum atomic E-state index is 4.57. The molecule has 0 saturated heterocycles. The molecular weight excluding hydrogens is 330 g/mol.